The maximum absolute atomic E-state index is 4.93. The molecule has 122 valence electrons. The molecule has 1 aromatic heterocycles. The van der Waals surface area contributed by atoms with Gasteiger partial charge in [0.15, 0.2) is 0 Å². The molecule has 0 saturated heterocycles. The Morgan fingerprint density at radius 3 is 2.52 bits per heavy atom. The lowest BCUT2D eigenvalue weighted by atomic mass is 10.1. The molecule has 0 unspecified atom stereocenters. The lowest BCUT2D eigenvalue weighted by Gasteiger charge is -2.10. The number of nitrogens with zero attached hydrogens (tertiary/aromatic N) is 2. The van der Waals surface area contributed by atoms with E-state index in [4.69, 9.17) is 4.98 Å². The second-order valence-corrected chi connectivity index (χ2v) is 6.07. The van der Waals surface area contributed by atoms with E-state index in [1.807, 2.05) is 12.1 Å². The summed E-state index contributed by atoms with van der Waals surface area (Å²) in [5, 5.41) is 0. The minimum atomic E-state index is 0.940. The summed E-state index contributed by atoms with van der Waals surface area (Å²) in [4.78, 5) is 4.93. The zero-order chi connectivity index (χ0) is 17.1. The van der Waals surface area contributed by atoms with Crippen molar-refractivity contribution in [3.63, 3.8) is 0 Å². The van der Waals surface area contributed by atoms with Gasteiger partial charge >= 0.3 is 0 Å². The summed E-state index contributed by atoms with van der Waals surface area (Å²) < 4.78 is 2.24. The minimum absolute atomic E-state index is 0.940. The van der Waals surface area contributed by atoms with Gasteiger partial charge in [-0.15, -0.1) is 0 Å². The first kappa shape index (κ1) is 15.4. The topological polar surface area (TPSA) is 17.8 Å². The average Bonchev–Trinajstić information content (AvgIpc) is 3.07. The summed E-state index contributed by atoms with van der Waals surface area (Å²) >= 11 is 0. The highest BCUT2D eigenvalue weighted by Gasteiger charge is 2.13. The van der Waals surface area contributed by atoms with E-state index in [-0.39, 0.29) is 0 Å². The highest BCUT2D eigenvalue weighted by molar-refractivity contribution is 5.83. The van der Waals surface area contributed by atoms with E-state index in [2.05, 4.69) is 90.4 Å². The van der Waals surface area contributed by atoms with Crippen molar-refractivity contribution >= 4 is 11.0 Å². The molecule has 0 N–H and O–H groups in total. The van der Waals surface area contributed by atoms with Crippen LogP contribution < -0.4 is 0 Å². The predicted molar refractivity (Wildman–Crippen MR) is 105 cm³/mol. The number of fused-ring (bicyclic) bond motifs is 1. The molecule has 0 amide bonds. The van der Waals surface area contributed by atoms with Crippen LogP contribution in [0.5, 0.6) is 0 Å². The van der Waals surface area contributed by atoms with Crippen molar-refractivity contribution in [1.29, 1.82) is 0 Å². The first-order chi connectivity index (χ1) is 12.4. The van der Waals surface area contributed by atoms with Gasteiger partial charge in [-0.1, -0.05) is 60.7 Å². The van der Waals surface area contributed by atoms with Crippen molar-refractivity contribution in [3.8, 4) is 17.1 Å². The summed E-state index contributed by atoms with van der Waals surface area (Å²) in [6, 6.07) is 27.4. The van der Waals surface area contributed by atoms with Gasteiger partial charge in [-0.05, 0) is 49.2 Å². The van der Waals surface area contributed by atoms with Gasteiger partial charge in [-0.2, -0.15) is 0 Å². The van der Waals surface area contributed by atoms with Gasteiger partial charge in [0.05, 0.1) is 11.0 Å². The highest BCUT2D eigenvalue weighted by Crippen LogP contribution is 2.29. The van der Waals surface area contributed by atoms with Gasteiger partial charge < -0.3 is 0 Å². The van der Waals surface area contributed by atoms with Crippen LogP contribution in [0, 0.1) is 0 Å². The highest BCUT2D eigenvalue weighted by atomic mass is 15.1. The molecule has 0 atom stereocenters. The fourth-order valence-electron chi connectivity index (χ4n) is 3.15. The van der Waals surface area contributed by atoms with Crippen LogP contribution >= 0.6 is 0 Å². The van der Waals surface area contributed by atoms with E-state index >= 15 is 0 Å². The van der Waals surface area contributed by atoms with E-state index in [1.165, 1.54) is 5.56 Å². The number of para-hydroxylation sites is 3. The molecule has 2 heteroatoms. The zero-order valence-electron chi connectivity index (χ0n) is 14.3. The monoisotopic (exact) mass is 324 g/mol. The van der Waals surface area contributed by atoms with Gasteiger partial charge in [0.25, 0.3) is 0 Å². The third-order valence-corrected chi connectivity index (χ3v) is 4.35. The van der Waals surface area contributed by atoms with Crippen LogP contribution in [0.2, 0.25) is 0 Å². The molecule has 0 aliphatic carbocycles. The SMILES string of the molecule is C/C=C/Cc1cccc(-c2nc3ccccc3n2-c2ccccc2)c1. The number of hydrogen-bond donors (Lipinski definition) is 0. The van der Waals surface area contributed by atoms with Crippen LogP contribution in [0.1, 0.15) is 12.5 Å². The van der Waals surface area contributed by atoms with Gasteiger partial charge in [-0.25, -0.2) is 4.98 Å². The number of allylic oxidation sites excluding steroid dienone is 2. The number of benzene rings is 3. The second-order valence-electron chi connectivity index (χ2n) is 6.07. The molecule has 2 nitrogen and oxygen atoms in total. The van der Waals surface area contributed by atoms with E-state index in [1.54, 1.807) is 0 Å². The van der Waals surface area contributed by atoms with E-state index < -0.39 is 0 Å². The number of rotatable bonds is 4. The Morgan fingerprint density at radius 2 is 1.68 bits per heavy atom. The van der Waals surface area contributed by atoms with E-state index in [0.717, 1.165) is 34.5 Å². The molecule has 0 radical (unpaired) electrons. The van der Waals surface area contributed by atoms with Gasteiger partial charge in [0, 0.05) is 11.3 Å². The van der Waals surface area contributed by atoms with Gasteiger partial charge in [0.1, 0.15) is 5.82 Å². The van der Waals surface area contributed by atoms with Crippen molar-refractivity contribution in [3.05, 3.63) is 96.6 Å². The fraction of sp³-hybridized carbons (Fsp3) is 0.0870. The molecular formula is C23H20N2. The summed E-state index contributed by atoms with van der Waals surface area (Å²) in [6.07, 6.45) is 5.21. The molecule has 0 spiro atoms. The van der Waals surface area contributed by atoms with Gasteiger partial charge in [0.2, 0.25) is 0 Å². The number of imidazole rings is 1. The minimum Gasteiger partial charge on any atom is -0.292 e. The quantitative estimate of drug-likeness (QED) is 0.433. The van der Waals surface area contributed by atoms with Crippen molar-refractivity contribution in [2.45, 2.75) is 13.3 Å². The van der Waals surface area contributed by atoms with Crippen molar-refractivity contribution in [1.82, 2.24) is 9.55 Å². The lowest BCUT2D eigenvalue weighted by Crippen LogP contribution is -1.97. The molecule has 0 aliphatic heterocycles. The Morgan fingerprint density at radius 1 is 0.880 bits per heavy atom. The first-order valence-electron chi connectivity index (χ1n) is 8.60. The van der Waals surface area contributed by atoms with E-state index in [0.29, 0.717) is 0 Å². The first-order valence-corrected chi connectivity index (χ1v) is 8.60. The molecule has 0 bridgehead atoms. The Kier molecular flexibility index (Phi) is 4.17. The van der Waals surface area contributed by atoms with Crippen LogP contribution in [0.15, 0.2) is 91.0 Å². The Bertz CT molecular complexity index is 1030. The number of aromatic nitrogens is 2. The fourth-order valence-corrected chi connectivity index (χ4v) is 3.15. The van der Waals surface area contributed by atoms with Gasteiger partial charge in [-0.3, -0.25) is 4.57 Å². The maximum Gasteiger partial charge on any atom is 0.145 e. The Hall–Kier alpha value is -3.13. The van der Waals surface area contributed by atoms with Crippen LogP contribution in [-0.4, -0.2) is 9.55 Å². The van der Waals surface area contributed by atoms with Crippen LogP contribution in [0.4, 0.5) is 0 Å². The molecule has 3 aromatic carbocycles. The van der Waals surface area contributed by atoms with E-state index in [9.17, 15) is 0 Å². The maximum atomic E-state index is 4.93. The summed E-state index contributed by atoms with van der Waals surface area (Å²) in [5.74, 6) is 0.981. The summed E-state index contributed by atoms with van der Waals surface area (Å²) in [5.41, 5.74) is 5.71. The number of hydrogen-bond acceptors (Lipinski definition) is 1. The molecule has 0 aliphatic rings. The molecule has 25 heavy (non-hydrogen) atoms. The van der Waals surface area contributed by atoms with Crippen molar-refractivity contribution in [2.75, 3.05) is 0 Å². The normalized spacial score (nSPS) is 11.4. The van der Waals surface area contributed by atoms with Crippen LogP contribution in [0.25, 0.3) is 28.1 Å². The molecule has 1 heterocycles. The summed E-state index contributed by atoms with van der Waals surface area (Å²) in [7, 11) is 0. The lowest BCUT2D eigenvalue weighted by molar-refractivity contribution is 1.10. The zero-order valence-corrected chi connectivity index (χ0v) is 14.3. The molecular weight excluding hydrogens is 304 g/mol. The Labute approximate surface area is 148 Å². The van der Waals surface area contributed by atoms with Crippen LogP contribution in [-0.2, 0) is 6.42 Å². The third kappa shape index (κ3) is 2.99. The molecule has 4 rings (SSSR count). The van der Waals surface area contributed by atoms with Crippen LogP contribution in [0.3, 0.4) is 0 Å². The largest absolute Gasteiger partial charge is 0.292 e. The average molecular weight is 324 g/mol. The molecule has 0 fully saturated rings. The standard InChI is InChI=1S/C23H20N2/c1-2-3-10-18-11-9-12-19(17-18)23-24-21-15-7-8-16-22(21)25(23)20-13-5-4-6-14-20/h2-9,11-17H,10H2,1H3/b3-2+. The summed E-state index contributed by atoms with van der Waals surface area (Å²) in [6.45, 7) is 2.05. The Balaban J connectivity index is 1.93. The second kappa shape index (κ2) is 6.78. The van der Waals surface area contributed by atoms with Crippen molar-refractivity contribution < 1.29 is 0 Å². The van der Waals surface area contributed by atoms with Crippen molar-refractivity contribution in [2.24, 2.45) is 0 Å². The predicted octanol–water partition coefficient (Wildman–Crippen LogP) is 5.81. The molecule has 0 saturated carbocycles. The molecule has 4 aromatic rings. The smallest absolute Gasteiger partial charge is 0.145 e. The third-order valence-electron chi connectivity index (χ3n) is 4.35.